The molecule has 1 aliphatic heterocycles. The molecule has 2 aromatic rings. The fourth-order valence-electron chi connectivity index (χ4n) is 2.64. The van der Waals surface area contributed by atoms with Crippen LogP contribution in [-0.2, 0) is 9.59 Å². The molecule has 2 radical (unpaired) electrons. The van der Waals surface area contributed by atoms with E-state index in [1.165, 1.54) is 4.90 Å². The normalized spacial score (nSPS) is 15.0. The number of carbonyl (C=O) groups is 2. The van der Waals surface area contributed by atoms with Gasteiger partial charge in [-0.1, -0.05) is 59.6 Å². The smallest absolute Gasteiger partial charge is 0.261 e. The lowest BCUT2D eigenvalue weighted by Crippen LogP contribution is -2.34. The number of hydrogen-bond donors (Lipinski definition) is 0. The van der Waals surface area contributed by atoms with Crippen molar-refractivity contribution in [1.82, 2.24) is 4.90 Å². The highest BCUT2D eigenvalue weighted by Gasteiger charge is 2.31. The van der Waals surface area contributed by atoms with Crippen molar-refractivity contribution >= 4 is 42.9 Å². The van der Waals surface area contributed by atoms with Crippen molar-refractivity contribution < 1.29 is 9.59 Å². The average Bonchev–Trinajstić information content (AvgIpc) is 2.89. The number of rotatable bonds is 3. The molecule has 0 fully saturated rings. The maximum absolute atomic E-state index is 13.0. The molecule has 0 saturated heterocycles. The topological polar surface area (TPSA) is 37.4 Å². The van der Waals surface area contributed by atoms with Crippen molar-refractivity contribution in [3.05, 3.63) is 81.8 Å². The van der Waals surface area contributed by atoms with Crippen LogP contribution in [0.25, 0.3) is 11.6 Å². The molecule has 2 amide bonds. The van der Waals surface area contributed by atoms with E-state index < -0.39 is 5.91 Å². The van der Waals surface area contributed by atoms with Gasteiger partial charge in [-0.15, -0.1) is 0 Å². The summed E-state index contributed by atoms with van der Waals surface area (Å²) in [7, 11) is 5.76. The van der Waals surface area contributed by atoms with Gasteiger partial charge in [0.2, 0.25) is 5.91 Å². The predicted octanol–water partition coefficient (Wildman–Crippen LogP) is 3.69. The van der Waals surface area contributed by atoms with E-state index in [1.807, 2.05) is 42.5 Å². The van der Waals surface area contributed by atoms with Gasteiger partial charge in [0.1, 0.15) is 7.85 Å². The molecule has 1 heterocycles. The van der Waals surface area contributed by atoms with E-state index in [-0.39, 0.29) is 17.9 Å². The fourth-order valence-corrected chi connectivity index (χ4v) is 2.77. The summed E-state index contributed by atoms with van der Waals surface area (Å²) in [5, 5.41) is 0.618. The molecule has 5 heteroatoms. The molecule has 0 aliphatic carbocycles. The van der Waals surface area contributed by atoms with Crippen LogP contribution in [-0.4, -0.2) is 31.1 Å². The quantitative estimate of drug-likeness (QED) is 0.482. The first kappa shape index (κ1) is 17.2. The van der Waals surface area contributed by atoms with Crippen molar-refractivity contribution in [3.8, 4) is 0 Å². The SMILES string of the molecule is [B]C1=C(C)CN(C(=O)/C(=C/c2ccc(Cl)cc2)c2ccccc2)C1=O. The molecule has 0 unspecified atom stereocenters. The van der Waals surface area contributed by atoms with Crippen LogP contribution in [0.2, 0.25) is 5.02 Å². The van der Waals surface area contributed by atoms with Gasteiger partial charge in [0.15, 0.2) is 0 Å². The molecular formula is C20H15BClNO2. The second-order valence-corrected chi connectivity index (χ2v) is 6.30. The summed E-state index contributed by atoms with van der Waals surface area (Å²) in [5.74, 6) is -0.814. The lowest BCUT2D eigenvalue weighted by Gasteiger charge is -2.17. The standard InChI is InChI=1S/C20H15BClNO2/c1-13-12-23(20(25)18(13)21)19(24)17(15-5-3-2-4-6-15)11-14-7-9-16(22)10-8-14/h2-11H,12H2,1H3/b17-11+. The molecular weight excluding hydrogens is 332 g/mol. The van der Waals surface area contributed by atoms with Gasteiger partial charge >= 0.3 is 0 Å². The van der Waals surface area contributed by atoms with Gasteiger partial charge in [-0.2, -0.15) is 0 Å². The number of hydrogen-bond acceptors (Lipinski definition) is 2. The van der Waals surface area contributed by atoms with Gasteiger partial charge in [-0.3, -0.25) is 14.5 Å². The van der Waals surface area contributed by atoms with Crippen LogP contribution in [0, 0.1) is 0 Å². The summed E-state index contributed by atoms with van der Waals surface area (Å²) >= 11 is 5.92. The third-order valence-electron chi connectivity index (χ3n) is 4.07. The second-order valence-electron chi connectivity index (χ2n) is 5.87. The molecule has 0 saturated carbocycles. The highest BCUT2D eigenvalue weighted by atomic mass is 35.5. The predicted molar refractivity (Wildman–Crippen MR) is 101 cm³/mol. The van der Waals surface area contributed by atoms with Crippen LogP contribution < -0.4 is 0 Å². The fraction of sp³-hybridized carbons (Fsp3) is 0.100. The molecule has 3 nitrogen and oxygen atoms in total. The molecule has 0 bridgehead atoms. The first-order valence-electron chi connectivity index (χ1n) is 7.81. The molecule has 0 N–H and O–H groups in total. The summed E-state index contributed by atoms with van der Waals surface area (Å²) in [6.07, 6.45) is 1.76. The van der Waals surface area contributed by atoms with E-state index in [4.69, 9.17) is 19.4 Å². The van der Waals surface area contributed by atoms with Crippen molar-refractivity contribution in [3.63, 3.8) is 0 Å². The van der Waals surface area contributed by atoms with Crippen molar-refractivity contribution in [1.29, 1.82) is 0 Å². The van der Waals surface area contributed by atoms with Crippen LogP contribution in [0.1, 0.15) is 18.1 Å². The number of benzene rings is 2. The first-order valence-corrected chi connectivity index (χ1v) is 8.19. The second kappa shape index (κ2) is 7.12. The van der Waals surface area contributed by atoms with E-state index in [2.05, 4.69) is 0 Å². The van der Waals surface area contributed by atoms with Crippen LogP contribution in [0.15, 0.2) is 65.6 Å². The molecule has 0 spiro atoms. The summed E-state index contributed by atoms with van der Waals surface area (Å²) < 4.78 is 0. The maximum Gasteiger partial charge on any atom is 0.261 e. The van der Waals surface area contributed by atoms with E-state index in [9.17, 15) is 9.59 Å². The maximum atomic E-state index is 13.0. The van der Waals surface area contributed by atoms with E-state index in [1.54, 1.807) is 25.1 Å². The third kappa shape index (κ3) is 3.59. The zero-order valence-electron chi connectivity index (χ0n) is 13.7. The summed E-state index contributed by atoms with van der Waals surface area (Å²) in [6, 6.07) is 16.4. The van der Waals surface area contributed by atoms with Gasteiger partial charge in [-0.25, -0.2) is 0 Å². The number of imide groups is 1. The van der Waals surface area contributed by atoms with Crippen molar-refractivity contribution in [2.45, 2.75) is 6.92 Å². The molecule has 122 valence electrons. The summed E-state index contributed by atoms with van der Waals surface area (Å²) in [4.78, 5) is 26.5. The Hall–Kier alpha value is -2.59. The Morgan fingerprint density at radius 2 is 1.76 bits per heavy atom. The Labute approximate surface area is 153 Å². The van der Waals surface area contributed by atoms with Gasteiger partial charge in [-0.05, 0) is 41.7 Å². The Morgan fingerprint density at radius 3 is 2.32 bits per heavy atom. The van der Waals surface area contributed by atoms with Crippen molar-refractivity contribution in [2.24, 2.45) is 0 Å². The minimum atomic E-state index is -0.444. The van der Waals surface area contributed by atoms with Crippen LogP contribution >= 0.6 is 11.6 Å². The lowest BCUT2D eigenvalue weighted by atomic mass is 9.92. The molecule has 0 atom stereocenters. The Bertz CT molecular complexity index is 886. The Balaban J connectivity index is 2.02. The molecule has 2 aromatic carbocycles. The van der Waals surface area contributed by atoms with E-state index in [0.29, 0.717) is 16.2 Å². The van der Waals surface area contributed by atoms with Crippen LogP contribution in [0.5, 0.6) is 0 Å². The number of nitrogens with zero attached hydrogens (tertiary/aromatic N) is 1. The highest BCUT2D eigenvalue weighted by molar-refractivity contribution is 6.41. The average molecular weight is 348 g/mol. The lowest BCUT2D eigenvalue weighted by molar-refractivity contribution is -0.136. The zero-order chi connectivity index (χ0) is 18.0. The first-order chi connectivity index (χ1) is 12.0. The van der Waals surface area contributed by atoms with E-state index >= 15 is 0 Å². The Morgan fingerprint density at radius 1 is 1.12 bits per heavy atom. The van der Waals surface area contributed by atoms with Crippen LogP contribution in [0.4, 0.5) is 0 Å². The Kier molecular flexibility index (Phi) is 4.91. The summed E-state index contributed by atoms with van der Waals surface area (Å²) in [5.41, 5.74) is 2.84. The molecule has 0 aromatic heterocycles. The van der Waals surface area contributed by atoms with Gasteiger partial charge < -0.3 is 0 Å². The highest BCUT2D eigenvalue weighted by Crippen LogP contribution is 2.25. The summed E-state index contributed by atoms with van der Waals surface area (Å²) in [6.45, 7) is 1.97. The van der Waals surface area contributed by atoms with Crippen LogP contribution in [0.3, 0.4) is 0 Å². The molecule has 25 heavy (non-hydrogen) atoms. The largest absolute Gasteiger partial charge is 0.271 e. The zero-order valence-corrected chi connectivity index (χ0v) is 14.5. The minimum Gasteiger partial charge on any atom is -0.271 e. The monoisotopic (exact) mass is 347 g/mol. The van der Waals surface area contributed by atoms with E-state index in [0.717, 1.165) is 11.1 Å². The van der Waals surface area contributed by atoms with Gasteiger partial charge in [0.05, 0.1) is 0 Å². The molecule has 3 rings (SSSR count). The third-order valence-corrected chi connectivity index (χ3v) is 4.32. The minimum absolute atomic E-state index is 0.146. The number of amides is 2. The van der Waals surface area contributed by atoms with Gasteiger partial charge in [0.25, 0.3) is 5.91 Å². The number of carbonyl (C=O) groups excluding carboxylic acids is 2. The number of halogens is 1. The molecule has 1 aliphatic rings. The van der Waals surface area contributed by atoms with Gasteiger partial charge in [0, 0.05) is 17.1 Å². The van der Waals surface area contributed by atoms with Crippen molar-refractivity contribution in [2.75, 3.05) is 6.54 Å².